The summed E-state index contributed by atoms with van der Waals surface area (Å²) < 4.78 is 30.0. The summed E-state index contributed by atoms with van der Waals surface area (Å²) >= 11 is 0. The lowest BCUT2D eigenvalue weighted by Gasteiger charge is -2.37. The third-order valence-corrected chi connectivity index (χ3v) is 3.98. The van der Waals surface area contributed by atoms with Gasteiger partial charge in [0.15, 0.2) is 0 Å². The molecule has 0 radical (unpaired) electrons. The average Bonchev–Trinajstić information content (AvgIpc) is 2.03. The van der Waals surface area contributed by atoms with Crippen molar-refractivity contribution in [1.82, 2.24) is 4.31 Å². The SMILES string of the molecule is CCS(=O)(=O)N1CCOC(C)(C)C1. The molecule has 4 nitrogen and oxygen atoms in total. The Hall–Kier alpha value is -0.130. The molecule has 0 saturated carbocycles. The largest absolute Gasteiger partial charge is 0.373 e. The second kappa shape index (κ2) is 3.55. The number of sulfonamides is 1. The van der Waals surface area contributed by atoms with Gasteiger partial charge < -0.3 is 4.74 Å². The van der Waals surface area contributed by atoms with E-state index >= 15 is 0 Å². The van der Waals surface area contributed by atoms with Crippen molar-refractivity contribution in [3.8, 4) is 0 Å². The first-order valence-corrected chi connectivity index (χ1v) is 6.10. The smallest absolute Gasteiger partial charge is 0.214 e. The average molecular weight is 207 g/mol. The van der Waals surface area contributed by atoms with Gasteiger partial charge >= 0.3 is 0 Å². The van der Waals surface area contributed by atoms with Gasteiger partial charge in [-0.05, 0) is 20.8 Å². The molecule has 78 valence electrons. The van der Waals surface area contributed by atoms with Crippen LogP contribution in [0.25, 0.3) is 0 Å². The monoisotopic (exact) mass is 207 g/mol. The molecule has 1 aliphatic heterocycles. The predicted molar refractivity (Wildman–Crippen MR) is 51.1 cm³/mol. The van der Waals surface area contributed by atoms with Crippen molar-refractivity contribution in [3.63, 3.8) is 0 Å². The Bertz CT molecular complexity index is 271. The normalized spacial score (nSPS) is 24.5. The van der Waals surface area contributed by atoms with E-state index in [2.05, 4.69) is 0 Å². The van der Waals surface area contributed by atoms with Gasteiger partial charge in [0.1, 0.15) is 0 Å². The molecule has 0 aliphatic carbocycles. The van der Waals surface area contributed by atoms with Gasteiger partial charge in [-0.3, -0.25) is 0 Å². The summed E-state index contributed by atoms with van der Waals surface area (Å²) in [6, 6.07) is 0. The van der Waals surface area contributed by atoms with Crippen LogP contribution in [-0.2, 0) is 14.8 Å². The number of ether oxygens (including phenoxy) is 1. The number of hydrogen-bond donors (Lipinski definition) is 0. The Morgan fingerprint density at radius 3 is 2.54 bits per heavy atom. The van der Waals surface area contributed by atoms with E-state index in [1.54, 1.807) is 6.92 Å². The van der Waals surface area contributed by atoms with Crippen LogP contribution in [-0.4, -0.2) is 43.8 Å². The molecular formula is C8H17NO3S. The summed E-state index contributed by atoms with van der Waals surface area (Å²) in [7, 11) is -3.04. The first kappa shape index (κ1) is 10.9. The third kappa shape index (κ3) is 2.65. The van der Waals surface area contributed by atoms with Crippen LogP contribution in [0.3, 0.4) is 0 Å². The molecular weight excluding hydrogens is 190 g/mol. The molecule has 0 amide bonds. The maximum Gasteiger partial charge on any atom is 0.214 e. The molecule has 0 unspecified atom stereocenters. The van der Waals surface area contributed by atoms with Crippen molar-refractivity contribution in [1.29, 1.82) is 0 Å². The van der Waals surface area contributed by atoms with Crippen molar-refractivity contribution in [2.24, 2.45) is 0 Å². The van der Waals surface area contributed by atoms with Gasteiger partial charge in [-0.2, -0.15) is 4.31 Å². The first-order chi connectivity index (χ1) is 5.87. The van der Waals surface area contributed by atoms with Crippen molar-refractivity contribution in [3.05, 3.63) is 0 Å². The Kier molecular flexibility index (Phi) is 2.99. The standard InChI is InChI=1S/C8H17NO3S/c1-4-13(10,11)9-5-6-12-8(2,3)7-9/h4-7H2,1-3H3. The molecule has 0 aromatic heterocycles. The minimum atomic E-state index is -3.04. The van der Waals surface area contributed by atoms with E-state index in [0.717, 1.165) is 0 Å². The fourth-order valence-corrected chi connectivity index (χ4v) is 2.62. The fraction of sp³-hybridized carbons (Fsp3) is 1.00. The Labute approximate surface area is 79.9 Å². The van der Waals surface area contributed by atoms with Crippen molar-refractivity contribution < 1.29 is 13.2 Å². The van der Waals surface area contributed by atoms with Gasteiger partial charge in [-0.15, -0.1) is 0 Å². The number of rotatable bonds is 2. The van der Waals surface area contributed by atoms with Crippen LogP contribution in [0.2, 0.25) is 0 Å². The topological polar surface area (TPSA) is 46.6 Å². The molecule has 0 N–H and O–H groups in total. The molecule has 0 atom stereocenters. The molecule has 1 saturated heterocycles. The minimum absolute atomic E-state index is 0.170. The van der Waals surface area contributed by atoms with Crippen LogP contribution < -0.4 is 0 Å². The highest BCUT2D eigenvalue weighted by Crippen LogP contribution is 2.18. The van der Waals surface area contributed by atoms with Crippen molar-refractivity contribution in [2.45, 2.75) is 26.4 Å². The molecule has 0 bridgehead atoms. The van der Waals surface area contributed by atoms with Crippen LogP contribution in [0.15, 0.2) is 0 Å². The van der Waals surface area contributed by atoms with Crippen LogP contribution in [0, 0.1) is 0 Å². The summed E-state index contributed by atoms with van der Waals surface area (Å²) in [6.45, 7) is 6.92. The van der Waals surface area contributed by atoms with Crippen LogP contribution in [0.1, 0.15) is 20.8 Å². The van der Waals surface area contributed by atoms with Gasteiger partial charge in [0.2, 0.25) is 10.0 Å². The lowest BCUT2D eigenvalue weighted by Crippen LogP contribution is -2.50. The molecule has 0 aromatic carbocycles. The lowest BCUT2D eigenvalue weighted by molar-refractivity contribution is -0.0639. The number of hydrogen-bond acceptors (Lipinski definition) is 3. The molecule has 1 heterocycles. The van der Waals surface area contributed by atoms with E-state index in [0.29, 0.717) is 19.7 Å². The van der Waals surface area contributed by atoms with E-state index in [9.17, 15) is 8.42 Å². The summed E-state index contributed by atoms with van der Waals surface area (Å²) in [6.07, 6.45) is 0. The highest BCUT2D eigenvalue weighted by Gasteiger charge is 2.32. The predicted octanol–water partition coefficient (Wildman–Crippen LogP) is 0.447. The van der Waals surface area contributed by atoms with E-state index in [1.165, 1.54) is 4.31 Å². The van der Waals surface area contributed by atoms with Gasteiger partial charge in [0.25, 0.3) is 0 Å². The van der Waals surface area contributed by atoms with Crippen LogP contribution >= 0.6 is 0 Å². The maximum atomic E-state index is 11.5. The zero-order chi connectivity index (χ0) is 10.1. The Balaban J connectivity index is 2.73. The van der Waals surface area contributed by atoms with Gasteiger partial charge in [-0.25, -0.2) is 8.42 Å². The maximum absolute atomic E-state index is 11.5. The van der Waals surface area contributed by atoms with E-state index in [4.69, 9.17) is 4.74 Å². The summed E-state index contributed by atoms with van der Waals surface area (Å²) in [5.41, 5.74) is -0.347. The van der Waals surface area contributed by atoms with Crippen LogP contribution in [0.5, 0.6) is 0 Å². The van der Waals surface area contributed by atoms with Gasteiger partial charge in [0.05, 0.1) is 18.0 Å². The zero-order valence-electron chi connectivity index (χ0n) is 8.41. The second-order valence-electron chi connectivity index (χ2n) is 3.84. The minimum Gasteiger partial charge on any atom is -0.373 e. The number of morpholine rings is 1. The van der Waals surface area contributed by atoms with Crippen molar-refractivity contribution >= 4 is 10.0 Å². The van der Waals surface area contributed by atoms with E-state index in [-0.39, 0.29) is 11.4 Å². The van der Waals surface area contributed by atoms with Crippen molar-refractivity contribution in [2.75, 3.05) is 25.4 Å². The Morgan fingerprint density at radius 2 is 2.08 bits per heavy atom. The third-order valence-electron chi connectivity index (χ3n) is 2.15. The Morgan fingerprint density at radius 1 is 1.46 bits per heavy atom. The molecule has 1 rings (SSSR count). The first-order valence-electron chi connectivity index (χ1n) is 4.49. The molecule has 5 heteroatoms. The van der Waals surface area contributed by atoms with Gasteiger partial charge in [0, 0.05) is 13.1 Å². The highest BCUT2D eigenvalue weighted by atomic mass is 32.2. The fourth-order valence-electron chi connectivity index (χ4n) is 1.39. The van der Waals surface area contributed by atoms with Gasteiger partial charge in [-0.1, -0.05) is 0 Å². The summed E-state index contributed by atoms with van der Waals surface area (Å²) in [5.74, 6) is 0.170. The molecule has 0 aromatic rings. The molecule has 1 aliphatic rings. The zero-order valence-corrected chi connectivity index (χ0v) is 9.23. The molecule has 1 fully saturated rings. The number of nitrogens with zero attached hydrogens (tertiary/aromatic N) is 1. The van der Waals surface area contributed by atoms with E-state index < -0.39 is 10.0 Å². The molecule has 13 heavy (non-hydrogen) atoms. The van der Waals surface area contributed by atoms with Crippen LogP contribution in [0.4, 0.5) is 0 Å². The summed E-state index contributed by atoms with van der Waals surface area (Å²) in [4.78, 5) is 0. The quantitative estimate of drug-likeness (QED) is 0.660. The summed E-state index contributed by atoms with van der Waals surface area (Å²) in [5, 5.41) is 0. The lowest BCUT2D eigenvalue weighted by atomic mass is 10.1. The second-order valence-corrected chi connectivity index (χ2v) is 6.10. The van der Waals surface area contributed by atoms with E-state index in [1.807, 2.05) is 13.8 Å². The highest BCUT2D eigenvalue weighted by molar-refractivity contribution is 7.89. The molecule has 0 spiro atoms.